The zero-order chi connectivity index (χ0) is 105. The predicted molar refractivity (Wildman–Crippen MR) is 531 cm³/mol. The summed E-state index contributed by atoms with van der Waals surface area (Å²) in [4.78, 5) is 285. The summed E-state index contributed by atoms with van der Waals surface area (Å²) < 4.78 is 0. The van der Waals surface area contributed by atoms with Gasteiger partial charge in [-0.1, -0.05) is 132 Å². The van der Waals surface area contributed by atoms with Crippen molar-refractivity contribution in [3.8, 4) is 0 Å². The molecule has 0 saturated carbocycles. The lowest BCUT2D eigenvalue weighted by atomic mass is 10.00. The number of aliphatic hydroxyl groups is 2. The summed E-state index contributed by atoms with van der Waals surface area (Å²) in [6.45, 7) is 5.15. The maximum atomic E-state index is 15.8. The second-order valence-corrected chi connectivity index (χ2v) is 37.2. The van der Waals surface area contributed by atoms with E-state index in [9.17, 15) is 63.0 Å². The molecule has 3 aromatic carbocycles. The van der Waals surface area contributed by atoms with Crippen LogP contribution in [0.25, 0.3) is 32.2 Å². The van der Waals surface area contributed by atoms with Gasteiger partial charge in [-0.25, -0.2) is 4.98 Å². The number of likely N-dealkylation sites (N-methyl/N-ethyl adjacent to an activating group) is 3. The number of thioether (sulfide) groups is 1. The summed E-state index contributed by atoms with van der Waals surface area (Å²) in [6, 6.07) is -1.68. The smallest absolute Gasteiger partial charge is 0.246 e. The molecule has 2 aliphatic rings. The van der Waals surface area contributed by atoms with Crippen molar-refractivity contribution in [1.82, 2.24) is 109 Å². The lowest BCUT2D eigenvalue weighted by Gasteiger charge is -2.36. The fourth-order valence-corrected chi connectivity index (χ4v) is 17.7. The van der Waals surface area contributed by atoms with Crippen molar-refractivity contribution in [1.29, 1.82) is 5.41 Å². The average molecular weight is 2020 g/mol. The molecule has 0 radical (unpaired) electrons. The first kappa shape index (κ1) is 115. The Labute approximate surface area is 836 Å². The topological polar surface area (TPSA) is 728 Å². The highest BCUT2D eigenvalue weighted by Crippen LogP contribution is 2.27. The number of nitrogens with zero attached hydrogens (tertiary/aromatic N) is 8. The Hall–Kier alpha value is -14.7. The van der Waals surface area contributed by atoms with Gasteiger partial charge in [0.2, 0.25) is 106 Å². The summed E-state index contributed by atoms with van der Waals surface area (Å²) in [7, 11) is 3.88. The van der Waals surface area contributed by atoms with Gasteiger partial charge in [0.15, 0.2) is 5.96 Å². The largest absolute Gasteiger partial charge is 0.394 e. The van der Waals surface area contributed by atoms with Gasteiger partial charge in [-0.05, 0) is 105 Å². The van der Waals surface area contributed by atoms with Gasteiger partial charge in [-0.2, -0.15) is 0 Å². The van der Waals surface area contributed by atoms with Gasteiger partial charge in [0.25, 0.3) is 0 Å². The molecule has 18 amide bonds. The van der Waals surface area contributed by atoms with E-state index in [1.54, 1.807) is 105 Å². The van der Waals surface area contributed by atoms with Crippen LogP contribution in [-0.4, -0.2) is 325 Å². The molecule has 48 nitrogen and oxygen atoms in total. The first-order chi connectivity index (χ1) is 68.8. The Morgan fingerprint density at radius 3 is 1.67 bits per heavy atom. The Morgan fingerprint density at radius 2 is 1.09 bits per heavy atom. The molecule has 0 bridgehead atoms. The molecule has 3 aromatic heterocycles. The van der Waals surface area contributed by atoms with Crippen LogP contribution in [-0.2, 0) is 112 Å². The van der Waals surface area contributed by atoms with Crippen molar-refractivity contribution in [3.63, 3.8) is 0 Å². The normalized spacial score (nSPS) is 23.1. The van der Waals surface area contributed by atoms with E-state index >= 15 is 33.6 Å². The number of aromatic nitrogens is 4. The molecule has 0 aliphatic carbocycles. The highest BCUT2D eigenvalue weighted by Gasteiger charge is 2.45. The lowest BCUT2D eigenvalue weighted by molar-refractivity contribution is -0.149. The van der Waals surface area contributed by atoms with Gasteiger partial charge < -0.3 is 131 Å². The average Bonchev–Trinajstić information content (AvgIpc) is 0.866. The number of aromatic amines is 3. The summed E-state index contributed by atoms with van der Waals surface area (Å²) in [6.07, 6.45) is 5.56. The number of azide groups is 1. The molecule has 2 unspecified atom stereocenters. The van der Waals surface area contributed by atoms with Crippen molar-refractivity contribution in [3.05, 3.63) is 137 Å². The van der Waals surface area contributed by atoms with E-state index < -0.39 is 247 Å². The molecule has 5 heterocycles. The number of carbonyl (C=O) groups is 18. The van der Waals surface area contributed by atoms with Crippen LogP contribution in [0, 0.1) is 11.3 Å². The van der Waals surface area contributed by atoms with Gasteiger partial charge in [0.1, 0.15) is 90.6 Å². The monoisotopic (exact) mass is 2020 g/mol. The number of imidazole rings is 1. The number of unbranched alkanes of at least 4 members (excludes halogenated alkanes) is 3. The molecule has 6 aromatic rings. The van der Waals surface area contributed by atoms with Crippen LogP contribution in [0.1, 0.15) is 153 Å². The Morgan fingerprint density at radius 1 is 0.562 bits per heavy atom. The highest BCUT2D eigenvalue weighted by molar-refractivity contribution is 8.00. The number of primary amides is 2. The molecule has 2 saturated heterocycles. The van der Waals surface area contributed by atoms with Crippen molar-refractivity contribution in [2.75, 3.05) is 72.0 Å². The number of nitrogens with two attached hydrogens (primary N) is 3. The number of carbonyl (C=O) groups excluding carboxylic acids is 18. The van der Waals surface area contributed by atoms with Gasteiger partial charge in [0.05, 0.1) is 38.3 Å². The van der Waals surface area contributed by atoms with Gasteiger partial charge in [0, 0.05) is 123 Å². The third-order valence-electron chi connectivity index (χ3n) is 24.9. The van der Waals surface area contributed by atoms with Crippen LogP contribution >= 0.6 is 11.8 Å². The minimum absolute atomic E-state index is 0.00382. The lowest BCUT2D eigenvalue weighted by Crippen LogP contribution is -2.62. The standard InChI is InChI=1S/C95H136N28O20S/c1-9-11-32-74-89(138)110-64(31-22-35-102-95(98)99)83(132)118-73(82(131)105-47-78(127)108-63(80(97)129)30-20-21-36-107-119-100)50-144-51-79(128)109-68(39-55-24-14-13-15-25-55)91(140)120(6)54(5)81(130)114-70(43-77(96)126)93(142)123-37-23-34-75(123)90(139)113-67(42-58-46-101-52-106-58)86(135)111-65(38-53(3)4)84(133)116-71(48-124)87(136)112-66(40-56-44-103-61-28-18-16-26-59(56)61)85(134)117-72(49-125)88(137)115-69(41-57-45-104-62-29-19-17-27-60(57)62)92(141)122(8)76(33-12-10-2)94(143)121(74)7/h13-19,24-29,44-46,52-54,63-76,103-104,124-125H,9-12,20-23,30-43,47-51H2,1-8H3,(H2,96,126)(H2,97,129)(H,101,106)(H,105,131)(H,108,127)(H,109,128)(H,110,138)(H,111,135)(H,112,136)(H,113,139)(H,114,130)(H,115,137)(H,116,133)(H,117,134)(H,118,132)(H4,98,99,102)/t54-,63?,64-,65-,66-,67-,68-,69-,70?,71-,72-,73-,74-,75-,76-/m0/s1. The van der Waals surface area contributed by atoms with Crippen LogP contribution in [0.2, 0.25) is 0 Å². The summed E-state index contributed by atoms with van der Waals surface area (Å²) in [5, 5.41) is 68.7. The van der Waals surface area contributed by atoms with Crippen molar-refractivity contribution in [2.45, 2.75) is 247 Å². The van der Waals surface area contributed by atoms with Gasteiger partial charge >= 0.3 is 0 Å². The molecule has 25 N–H and O–H groups in total. The third-order valence-corrected chi connectivity index (χ3v) is 26.0. The number of benzene rings is 3. The second-order valence-electron chi connectivity index (χ2n) is 36.2. The maximum absolute atomic E-state index is 15.8. The van der Waals surface area contributed by atoms with Gasteiger partial charge in [-0.3, -0.25) is 91.7 Å². The van der Waals surface area contributed by atoms with Crippen LogP contribution in [0.3, 0.4) is 0 Å². The summed E-state index contributed by atoms with van der Waals surface area (Å²) in [5.41, 5.74) is 28.8. The number of amides is 18. The van der Waals surface area contributed by atoms with Crippen LogP contribution in [0.15, 0.2) is 109 Å². The molecule has 49 heteroatoms. The number of H-pyrrole nitrogens is 3. The molecule has 2 aliphatic heterocycles. The molecule has 782 valence electrons. The fraction of sp³-hybridized carbons (Fsp3) is 0.537. The first-order valence-electron chi connectivity index (χ1n) is 48.1. The van der Waals surface area contributed by atoms with E-state index in [1.807, 2.05) is 13.8 Å². The molecule has 0 spiro atoms. The Bertz CT molecular complexity index is 5500. The number of hydrogen-bond donors (Lipinski definition) is 22. The molecule has 144 heavy (non-hydrogen) atoms. The second kappa shape index (κ2) is 57.4. The summed E-state index contributed by atoms with van der Waals surface area (Å²) in [5.74, 6) is -19.6. The van der Waals surface area contributed by atoms with E-state index in [1.165, 1.54) is 40.6 Å². The number of para-hydroxylation sites is 2. The third kappa shape index (κ3) is 34.3. The molecule has 2 fully saturated rings. The predicted octanol–water partition coefficient (Wildman–Crippen LogP) is -2.15. The molecular weight excluding hydrogens is 1890 g/mol. The van der Waals surface area contributed by atoms with Crippen molar-refractivity contribution in [2.24, 2.45) is 28.2 Å². The molecular formula is C95H136N28O20S. The fourth-order valence-electron chi connectivity index (χ4n) is 16.8. The number of aliphatic hydroxyl groups excluding tert-OH is 2. The minimum atomic E-state index is -1.93. The highest BCUT2D eigenvalue weighted by atomic mass is 32.2. The molecule has 15 atom stereocenters. The number of nitrogens with one attached hydrogen (secondary N) is 17. The first-order valence-corrected chi connectivity index (χ1v) is 49.2. The zero-order valence-corrected chi connectivity index (χ0v) is 82.9. The van der Waals surface area contributed by atoms with Gasteiger partial charge in [-0.15, -0.1) is 11.8 Å². The number of rotatable bonds is 34. The SMILES string of the molecule is CCCC[C@H]1C(=O)N(C)[C@@H](CCCC)C(=O)N[C@@H](CCCNC(=N)N)C(=O)N[C@H](C(=O)NCC(=O)NC(CCCCN=[N+]=[N-])C(N)=O)CSCC(=O)N[C@@H](Cc2ccccc2)C(=O)N(C)[C@@H](C)C(=O)NC(CC(N)=O)C(=O)N2CCC[C@H]2C(=O)N[C@@H](Cc2cnc[nH]2)C(=O)N[C@@H](CC(C)C)C(=O)N[C@@H](CO)C(=O)N[C@@H](Cc2c[nH]c3ccccc23)C(=O)N[C@@H](CO)C(=O)N[C@@H](Cc2c[nH]c3ccccc23)C(=O)N1C. The van der Waals surface area contributed by atoms with E-state index in [0.717, 1.165) is 31.4 Å². The number of guanidine groups is 1. The molecule has 8 rings (SSSR count). The minimum Gasteiger partial charge on any atom is -0.394 e. The van der Waals surface area contributed by atoms with Crippen molar-refractivity contribution < 1.29 is 96.5 Å². The summed E-state index contributed by atoms with van der Waals surface area (Å²) >= 11 is 0.742. The van der Waals surface area contributed by atoms with Crippen LogP contribution in [0.4, 0.5) is 0 Å². The number of hydrogen-bond acceptors (Lipinski definition) is 24. The van der Waals surface area contributed by atoms with E-state index in [2.05, 4.69) is 99.1 Å². The Kier molecular flexibility index (Phi) is 45.6. The Balaban J connectivity index is 1.20. The zero-order valence-electron chi connectivity index (χ0n) is 82.1. The van der Waals surface area contributed by atoms with E-state index in [4.69, 9.17) is 28.1 Å². The van der Waals surface area contributed by atoms with Crippen molar-refractivity contribution >= 4 is 146 Å². The van der Waals surface area contributed by atoms with Crippen LogP contribution in [0.5, 0.6) is 0 Å². The quantitative estimate of drug-likeness (QED) is 0.00511. The van der Waals surface area contributed by atoms with E-state index in [0.29, 0.717) is 69.9 Å². The maximum Gasteiger partial charge on any atom is 0.246 e. The number of fused-ring (bicyclic) bond motifs is 3. The van der Waals surface area contributed by atoms with E-state index in [-0.39, 0.29) is 110 Å². The van der Waals surface area contributed by atoms with Crippen LogP contribution < -0.4 is 86.3 Å².